The van der Waals surface area contributed by atoms with Gasteiger partial charge in [0.1, 0.15) is 0 Å². The molecule has 0 amide bonds. The first-order chi connectivity index (χ1) is 6.02. The summed E-state index contributed by atoms with van der Waals surface area (Å²) in [5.41, 5.74) is 0. The van der Waals surface area contributed by atoms with Crippen molar-refractivity contribution in [2.24, 2.45) is 0 Å². The molecule has 0 aliphatic rings. The van der Waals surface area contributed by atoms with Crippen molar-refractivity contribution in [3.05, 3.63) is 0 Å². The van der Waals surface area contributed by atoms with Gasteiger partial charge in [-0.2, -0.15) is 0 Å². The highest BCUT2D eigenvalue weighted by Gasteiger charge is 2.27. The van der Waals surface area contributed by atoms with Gasteiger partial charge in [0.25, 0.3) is 4.52 Å². The lowest BCUT2D eigenvalue weighted by Gasteiger charge is -2.16. The smallest absolute Gasteiger partial charge is 0.308 e. The highest BCUT2D eigenvalue weighted by atomic mass is 35.5. The fourth-order valence-corrected chi connectivity index (χ4v) is 0.991. The van der Waals surface area contributed by atoms with E-state index in [-0.39, 0.29) is 5.88 Å². The molecule has 0 aromatic carbocycles. The summed E-state index contributed by atoms with van der Waals surface area (Å²) >= 11 is 16.4. The number of alkyl halides is 3. The van der Waals surface area contributed by atoms with Crippen LogP contribution in [0.1, 0.15) is 32.6 Å². The van der Waals surface area contributed by atoms with E-state index in [9.17, 15) is 4.79 Å². The quantitative estimate of drug-likeness (QED) is 0.408. The average molecular weight is 248 g/mol. The van der Waals surface area contributed by atoms with Crippen LogP contribution in [0.3, 0.4) is 0 Å². The Morgan fingerprint density at radius 3 is 2.46 bits per heavy atom. The fourth-order valence-electron chi connectivity index (χ4n) is 0.764. The predicted molar refractivity (Wildman–Crippen MR) is 55.4 cm³/mol. The first kappa shape index (κ1) is 13.3. The molecular formula is C8H13Cl3O2. The van der Waals surface area contributed by atoms with Crippen LogP contribution >= 0.6 is 34.8 Å². The predicted octanol–water partition coefficient (Wildman–Crippen LogP) is 3.48. The molecule has 0 atom stereocenters. The van der Waals surface area contributed by atoms with Gasteiger partial charge < -0.3 is 4.74 Å². The first-order valence-electron chi connectivity index (χ1n) is 4.17. The van der Waals surface area contributed by atoms with Crippen LogP contribution in [0.2, 0.25) is 0 Å². The Morgan fingerprint density at radius 1 is 1.38 bits per heavy atom. The van der Waals surface area contributed by atoms with Gasteiger partial charge in [0.15, 0.2) is 0 Å². The number of carbonyl (C=O) groups excluding carboxylic acids is 1. The lowest BCUT2D eigenvalue weighted by molar-refractivity contribution is -0.146. The van der Waals surface area contributed by atoms with Crippen molar-refractivity contribution < 1.29 is 9.53 Å². The third kappa shape index (κ3) is 7.41. The molecule has 0 fully saturated rings. The van der Waals surface area contributed by atoms with Crippen LogP contribution in [0.25, 0.3) is 0 Å². The van der Waals surface area contributed by atoms with Crippen molar-refractivity contribution in [3.8, 4) is 0 Å². The molecule has 78 valence electrons. The Bertz CT molecular complexity index is 159. The van der Waals surface area contributed by atoms with Gasteiger partial charge in [-0.15, -0.1) is 11.6 Å². The van der Waals surface area contributed by atoms with Crippen LogP contribution in [0.4, 0.5) is 0 Å². The molecule has 5 heteroatoms. The second kappa shape index (κ2) is 6.74. The maximum absolute atomic E-state index is 11.0. The molecule has 0 aromatic rings. The van der Waals surface area contributed by atoms with Gasteiger partial charge in [0.2, 0.25) is 0 Å². The van der Waals surface area contributed by atoms with Gasteiger partial charge in [0, 0.05) is 6.42 Å². The Hall–Kier alpha value is 0.340. The maximum atomic E-state index is 11.0. The fraction of sp³-hybridized carbons (Fsp3) is 0.875. The number of esters is 1. The van der Waals surface area contributed by atoms with Crippen LogP contribution in [0.15, 0.2) is 0 Å². The number of ether oxygens (including phenoxy) is 1. The molecule has 0 aliphatic heterocycles. The van der Waals surface area contributed by atoms with Crippen molar-refractivity contribution in [2.45, 2.75) is 37.1 Å². The number of unbranched alkanes of at least 4 members (excludes halogenated alkanes) is 2. The zero-order valence-electron chi connectivity index (χ0n) is 7.49. The third-order valence-electron chi connectivity index (χ3n) is 1.40. The van der Waals surface area contributed by atoms with E-state index in [2.05, 4.69) is 6.92 Å². The molecule has 0 aromatic heterocycles. The zero-order chi connectivity index (χ0) is 10.3. The monoisotopic (exact) mass is 246 g/mol. The van der Waals surface area contributed by atoms with E-state index in [0.717, 1.165) is 19.3 Å². The molecule has 0 radical (unpaired) electrons. The summed E-state index contributed by atoms with van der Waals surface area (Å²) in [4.78, 5) is 11.0. The normalized spacial score (nSPS) is 11.4. The van der Waals surface area contributed by atoms with Crippen LogP contribution in [-0.2, 0) is 9.53 Å². The van der Waals surface area contributed by atoms with Crippen molar-refractivity contribution in [1.82, 2.24) is 0 Å². The van der Waals surface area contributed by atoms with E-state index in [1.807, 2.05) is 0 Å². The summed E-state index contributed by atoms with van der Waals surface area (Å²) in [5.74, 6) is -0.533. The Kier molecular flexibility index (Phi) is 6.92. The first-order valence-corrected chi connectivity index (χ1v) is 5.46. The number of halogens is 3. The lowest BCUT2D eigenvalue weighted by Crippen LogP contribution is -2.24. The van der Waals surface area contributed by atoms with Crippen molar-refractivity contribution in [2.75, 3.05) is 5.88 Å². The topological polar surface area (TPSA) is 26.3 Å². The standard InChI is InChI=1S/C8H13Cl3O2/c1-2-3-4-5-7(12)13-8(10,11)6-9/h2-6H2,1H3. The van der Waals surface area contributed by atoms with E-state index in [1.54, 1.807) is 0 Å². The molecule has 0 aliphatic carbocycles. The van der Waals surface area contributed by atoms with Gasteiger partial charge in [-0.1, -0.05) is 43.0 Å². The minimum Gasteiger partial charge on any atom is -0.427 e. The molecule has 0 unspecified atom stereocenters. The molecular weight excluding hydrogens is 234 g/mol. The summed E-state index contributed by atoms with van der Waals surface area (Å²) in [6.45, 7) is 2.05. The number of hydrogen-bond acceptors (Lipinski definition) is 2. The number of carbonyl (C=O) groups is 1. The molecule has 2 nitrogen and oxygen atoms in total. The molecule has 0 heterocycles. The Morgan fingerprint density at radius 2 is 2.00 bits per heavy atom. The second-order valence-corrected chi connectivity index (χ2v) is 4.38. The Balaban J connectivity index is 3.62. The number of rotatable bonds is 6. The van der Waals surface area contributed by atoms with E-state index in [4.69, 9.17) is 39.5 Å². The minimum atomic E-state index is -1.58. The van der Waals surface area contributed by atoms with Crippen molar-refractivity contribution >= 4 is 40.8 Å². The minimum absolute atomic E-state index is 0.129. The van der Waals surface area contributed by atoms with Crippen LogP contribution < -0.4 is 0 Å². The van der Waals surface area contributed by atoms with Crippen molar-refractivity contribution in [3.63, 3.8) is 0 Å². The van der Waals surface area contributed by atoms with Crippen LogP contribution in [-0.4, -0.2) is 16.4 Å². The summed E-state index contributed by atoms with van der Waals surface area (Å²) in [5, 5.41) is 0. The zero-order valence-corrected chi connectivity index (χ0v) is 9.75. The molecule has 0 bridgehead atoms. The summed E-state index contributed by atoms with van der Waals surface area (Å²) in [6.07, 6.45) is 3.18. The van der Waals surface area contributed by atoms with E-state index >= 15 is 0 Å². The van der Waals surface area contributed by atoms with Crippen LogP contribution in [0.5, 0.6) is 0 Å². The highest BCUT2D eigenvalue weighted by Crippen LogP contribution is 2.24. The van der Waals surface area contributed by atoms with E-state index < -0.39 is 10.5 Å². The Labute approximate surface area is 93.5 Å². The number of hydrogen-bond donors (Lipinski definition) is 0. The summed E-state index contributed by atoms with van der Waals surface area (Å²) in [6, 6.07) is 0. The van der Waals surface area contributed by atoms with Crippen molar-refractivity contribution in [1.29, 1.82) is 0 Å². The molecule has 0 N–H and O–H groups in total. The molecule has 0 saturated heterocycles. The lowest BCUT2D eigenvalue weighted by atomic mass is 10.2. The van der Waals surface area contributed by atoms with Crippen LogP contribution in [0, 0.1) is 0 Å². The summed E-state index contributed by atoms with van der Waals surface area (Å²) in [7, 11) is 0. The van der Waals surface area contributed by atoms with Gasteiger partial charge >= 0.3 is 5.97 Å². The van der Waals surface area contributed by atoms with Gasteiger partial charge in [-0.25, -0.2) is 0 Å². The van der Waals surface area contributed by atoms with Gasteiger partial charge in [-0.05, 0) is 6.42 Å². The van der Waals surface area contributed by atoms with E-state index in [0.29, 0.717) is 6.42 Å². The molecule has 0 rings (SSSR count). The SMILES string of the molecule is CCCCCC(=O)OC(Cl)(Cl)CCl. The van der Waals surface area contributed by atoms with E-state index in [1.165, 1.54) is 0 Å². The molecule has 13 heavy (non-hydrogen) atoms. The second-order valence-electron chi connectivity index (χ2n) is 2.70. The largest absolute Gasteiger partial charge is 0.427 e. The third-order valence-corrected chi connectivity index (χ3v) is 2.47. The maximum Gasteiger partial charge on any atom is 0.308 e. The van der Waals surface area contributed by atoms with Gasteiger partial charge in [0.05, 0.1) is 5.88 Å². The molecule has 0 saturated carbocycles. The molecule has 0 spiro atoms. The average Bonchev–Trinajstić information content (AvgIpc) is 2.04. The summed E-state index contributed by atoms with van der Waals surface area (Å²) < 4.78 is 3.12. The van der Waals surface area contributed by atoms with Gasteiger partial charge in [-0.3, -0.25) is 4.79 Å². The highest BCUT2D eigenvalue weighted by molar-refractivity contribution is 6.50.